The Bertz CT molecular complexity index is 99.7. The highest BCUT2D eigenvalue weighted by Crippen LogP contribution is 1.90. The van der Waals surface area contributed by atoms with Gasteiger partial charge in [0.2, 0.25) is 0 Å². The summed E-state index contributed by atoms with van der Waals surface area (Å²) in [6.45, 7) is -3.85. The molecule has 38 valence electrons. The molecular weight excluding hydrogens is 97.0 g/mol. The van der Waals surface area contributed by atoms with Crippen LogP contribution < -0.4 is 0 Å². The normalized spacial score (nSPS) is 21.5. The molecule has 0 atom stereocenters. The van der Waals surface area contributed by atoms with Gasteiger partial charge in [-0.25, -0.2) is 8.78 Å². The smallest absolute Gasteiger partial charge is 0.208 e. The highest BCUT2D eigenvalue weighted by atomic mass is 19.3. The van der Waals surface area contributed by atoms with Crippen molar-refractivity contribution in [3.05, 3.63) is 0 Å². The highest BCUT2D eigenvalue weighted by molar-refractivity contribution is 4.25. The van der Waals surface area contributed by atoms with E-state index in [9.17, 15) is 13.3 Å². The van der Waals surface area contributed by atoms with Crippen LogP contribution in [-0.4, -0.2) is 13.0 Å². The predicted molar refractivity (Wildman–Crippen MR) is 13.1 cm³/mol. The monoisotopic (exact) mass is 103 g/mol. The Morgan fingerprint density at radius 3 is 2.50 bits per heavy atom. The molecule has 0 aromatic heterocycles. The Balaban J connectivity index is 4.14. The van der Waals surface area contributed by atoms with Gasteiger partial charge < -0.3 is 0 Å². The maximum atomic E-state index is 11.4. The van der Waals surface area contributed by atoms with E-state index in [-0.39, 0.29) is 0 Å². The summed E-state index contributed by atoms with van der Waals surface area (Å²) < 4.78 is 51.2. The number of hydrogen-bond acceptors (Lipinski definition) is 1. The number of rotatable bonds is 2. The van der Waals surface area contributed by atoms with E-state index in [1.54, 1.807) is 0 Å². The first-order valence-corrected chi connectivity index (χ1v) is 0.986. The van der Waals surface area contributed by atoms with Crippen LogP contribution >= 0.6 is 0 Å². The standard InChI is InChI=1S/C2H3F3O/c3-2(4)1-6-5/h2H,1H2/i1D2,2D. The van der Waals surface area contributed by atoms with Crippen LogP contribution in [0.1, 0.15) is 4.11 Å². The van der Waals surface area contributed by atoms with Crippen molar-refractivity contribution in [3.8, 4) is 0 Å². The lowest BCUT2D eigenvalue weighted by Gasteiger charge is -1.85. The van der Waals surface area contributed by atoms with Crippen LogP contribution in [0.25, 0.3) is 0 Å². The molecule has 6 heavy (non-hydrogen) atoms. The minimum absolute atomic E-state index is 2.20. The van der Waals surface area contributed by atoms with E-state index in [2.05, 4.69) is 4.94 Å². The molecule has 0 aliphatic carbocycles. The maximum absolute atomic E-state index is 11.4. The van der Waals surface area contributed by atoms with E-state index in [1.165, 1.54) is 0 Å². The molecule has 0 N–H and O–H groups in total. The average molecular weight is 103 g/mol. The molecule has 0 heterocycles. The molecule has 0 aromatic carbocycles. The van der Waals surface area contributed by atoms with Gasteiger partial charge in [0.25, 0.3) is 6.40 Å². The first-order valence-electron chi connectivity index (χ1n) is 2.49. The van der Waals surface area contributed by atoms with E-state index >= 15 is 0 Å². The van der Waals surface area contributed by atoms with Gasteiger partial charge in [-0.1, -0.05) is 0 Å². The molecule has 0 aromatic rings. The van der Waals surface area contributed by atoms with Gasteiger partial charge in [0.05, 0.1) is 2.74 Å². The zero-order valence-electron chi connectivity index (χ0n) is 5.54. The Labute approximate surface area is 36.8 Å². The van der Waals surface area contributed by atoms with Crippen LogP contribution in [-0.2, 0) is 4.94 Å². The second-order valence-electron chi connectivity index (χ2n) is 0.440. The number of halogens is 3. The maximum Gasteiger partial charge on any atom is 0.265 e. The first-order chi connectivity index (χ1) is 3.81. The van der Waals surface area contributed by atoms with Crippen LogP contribution in [0.2, 0.25) is 0 Å². The molecule has 0 saturated heterocycles. The molecular formula is C2H3F3O. The van der Waals surface area contributed by atoms with Crippen molar-refractivity contribution in [1.82, 2.24) is 0 Å². The fraction of sp³-hybridized carbons (Fsp3) is 1.00. The molecule has 1 nitrogen and oxygen atoms in total. The van der Waals surface area contributed by atoms with Crippen LogP contribution in [0, 0.1) is 0 Å². The topological polar surface area (TPSA) is 9.23 Å². The van der Waals surface area contributed by atoms with E-state index in [0.29, 0.717) is 0 Å². The summed E-state index contributed by atoms with van der Waals surface area (Å²) in [6.07, 6.45) is -4.57. The van der Waals surface area contributed by atoms with E-state index < -0.39 is 13.0 Å². The minimum Gasteiger partial charge on any atom is -0.208 e. The van der Waals surface area contributed by atoms with Gasteiger partial charge in [-0.15, -0.1) is 0 Å². The third-order valence-corrected chi connectivity index (χ3v) is 0.116. The molecule has 0 spiro atoms. The van der Waals surface area contributed by atoms with Gasteiger partial charge in [0.15, 0.2) is 0 Å². The summed E-state index contributed by atoms with van der Waals surface area (Å²) in [5, 5.41) is 0. The second kappa shape index (κ2) is 2.96. The largest absolute Gasteiger partial charge is 0.265 e. The van der Waals surface area contributed by atoms with Gasteiger partial charge in [-0.3, -0.25) is 0 Å². The quantitative estimate of drug-likeness (QED) is 0.509. The zero-order chi connectivity index (χ0) is 7.71. The summed E-state index contributed by atoms with van der Waals surface area (Å²) in [4.78, 5) is 2.20. The highest BCUT2D eigenvalue weighted by Gasteiger charge is 1.99. The van der Waals surface area contributed by atoms with Crippen molar-refractivity contribution in [3.63, 3.8) is 0 Å². The van der Waals surface area contributed by atoms with Crippen molar-refractivity contribution >= 4 is 0 Å². The summed E-state index contributed by atoms with van der Waals surface area (Å²) >= 11 is 0. The fourth-order valence-electron chi connectivity index (χ4n) is 0.0292. The van der Waals surface area contributed by atoms with Gasteiger partial charge in [-0.2, -0.15) is 4.94 Å². The Kier molecular flexibility index (Phi) is 1.07. The van der Waals surface area contributed by atoms with Gasteiger partial charge in [0, 0.05) is 0 Å². The van der Waals surface area contributed by atoms with Gasteiger partial charge >= 0.3 is 0 Å². The molecule has 0 bridgehead atoms. The second-order valence-corrected chi connectivity index (χ2v) is 0.440. The lowest BCUT2D eigenvalue weighted by molar-refractivity contribution is -0.163. The predicted octanol–water partition coefficient (Wildman–Crippen LogP) is 1.15. The van der Waals surface area contributed by atoms with Crippen LogP contribution in [0.5, 0.6) is 0 Å². The molecule has 0 fully saturated rings. The van der Waals surface area contributed by atoms with Gasteiger partial charge in [0.1, 0.15) is 7.93 Å². The fourth-order valence-corrected chi connectivity index (χ4v) is 0.0292. The lowest BCUT2D eigenvalue weighted by atomic mass is 10.8. The van der Waals surface area contributed by atoms with E-state index in [1.807, 2.05) is 0 Å². The first kappa shape index (κ1) is 2.16. The molecule has 0 unspecified atom stereocenters. The van der Waals surface area contributed by atoms with E-state index in [0.717, 1.165) is 0 Å². The van der Waals surface area contributed by atoms with Crippen LogP contribution in [0.15, 0.2) is 0 Å². The van der Waals surface area contributed by atoms with Crippen LogP contribution in [0.4, 0.5) is 13.3 Å². The lowest BCUT2D eigenvalue weighted by Crippen LogP contribution is -1.96. The number of hydrogen-bond donors (Lipinski definition) is 0. The zero-order valence-corrected chi connectivity index (χ0v) is 2.54. The molecule has 0 aliphatic heterocycles. The SMILES string of the molecule is [2H]C(F)(F)C([2H])([2H])OF. The molecule has 0 rings (SSSR count). The Morgan fingerprint density at radius 1 is 2.00 bits per heavy atom. The van der Waals surface area contributed by atoms with Crippen molar-refractivity contribution in [2.24, 2.45) is 0 Å². The average Bonchev–Trinajstić information content (AvgIpc) is 1.64. The summed E-state index contributed by atoms with van der Waals surface area (Å²) in [5.41, 5.74) is 0. The summed E-state index contributed by atoms with van der Waals surface area (Å²) in [5.74, 6) is 0. The van der Waals surface area contributed by atoms with Crippen molar-refractivity contribution in [1.29, 1.82) is 0 Å². The number of alkyl halides is 2. The van der Waals surface area contributed by atoms with Crippen LogP contribution in [0.3, 0.4) is 0 Å². The minimum atomic E-state index is -4.57. The summed E-state index contributed by atoms with van der Waals surface area (Å²) in [7, 11) is 0. The van der Waals surface area contributed by atoms with Gasteiger partial charge in [-0.05, 0) is 4.53 Å². The summed E-state index contributed by atoms with van der Waals surface area (Å²) in [6, 6.07) is 0. The van der Waals surface area contributed by atoms with Crippen molar-refractivity contribution in [2.75, 3.05) is 6.56 Å². The third kappa shape index (κ3) is 3.75. The molecule has 0 aliphatic rings. The molecule has 0 radical (unpaired) electrons. The Morgan fingerprint density at radius 2 is 2.50 bits per heavy atom. The third-order valence-electron chi connectivity index (χ3n) is 0.116. The molecule has 0 saturated carbocycles. The Hall–Kier alpha value is -0.250. The van der Waals surface area contributed by atoms with Crippen molar-refractivity contribution in [2.45, 2.75) is 6.40 Å². The molecule has 0 amide bonds. The molecule has 4 heteroatoms. The van der Waals surface area contributed by atoms with E-state index in [4.69, 9.17) is 4.11 Å². The van der Waals surface area contributed by atoms with Crippen molar-refractivity contribution < 1.29 is 22.4 Å².